The highest BCUT2D eigenvalue weighted by atomic mass is 19.4. The number of halogens is 3. The summed E-state index contributed by atoms with van der Waals surface area (Å²) in [7, 11) is 0. The van der Waals surface area contributed by atoms with Crippen LogP contribution in [0.5, 0.6) is 0 Å². The number of likely N-dealkylation sites (tertiary alicyclic amines) is 1. The fourth-order valence-electron chi connectivity index (χ4n) is 3.24. The Labute approximate surface area is 109 Å². The summed E-state index contributed by atoms with van der Waals surface area (Å²) in [5.74, 6) is 1.53. The second-order valence-corrected chi connectivity index (χ2v) is 5.57. The fourth-order valence-corrected chi connectivity index (χ4v) is 3.24. The van der Waals surface area contributed by atoms with Crippen LogP contribution in [0.1, 0.15) is 11.1 Å². The van der Waals surface area contributed by atoms with E-state index in [0.717, 1.165) is 19.2 Å². The van der Waals surface area contributed by atoms with Crippen LogP contribution in [0.3, 0.4) is 0 Å². The Balaban J connectivity index is 1.63. The number of benzene rings is 1. The van der Waals surface area contributed by atoms with Crippen molar-refractivity contribution in [3.63, 3.8) is 0 Å². The molecule has 2 nitrogen and oxygen atoms in total. The first-order valence-electron chi connectivity index (χ1n) is 6.48. The lowest BCUT2D eigenvalue weighted by atomic mass is 10.1. The molecular formula is C14H16F3NO. The molecule has 1 aromatic carbocycles. The Bertz CT molecular complexity index is 462. The average molecular weight is 271 g/mol. The summed E-state index contributed by atoms with van der Waals surface area (Å²) in [6.07, 6.45) is -4.27. The van der Waals surface area contributed by atoms with E-state index in [-0.39, 0.29) is 6.61 Å². The largest absolute Gasteiger partial charge is 0.416 e. The van der Waals surface area contributed by atoms with Gasteiger partial charge in [-0.2, -0.15) is 13.2 Å². The van der Waals surface area contributed by atoms with Gasteiger partial charge in [0.15, 0.2) is 0 Å². The zero-order valence-corrected chi connectivity index (χ0v) is 10.4. The molecule has 1 saturated carbocycles. The molecule has 2 fully saturated rings. The highest BCUT2D eigenvalue weighted by molar-refractivity contribution is 5.26. The maximum absolute atomic E-state index is 12.6. The van der Waals surface area contributed by atoms with Gasteiger partial charge >= 0.3 is 6.18 Å². The topological polar surface area (TPSA) is 23.5 Å². The molecule has 1 aliphatic heterocycles. The number of rotatable bonds is 3. The number of fused-ring (bicyclic) bond motifs is 1. The molecule has 2 unspecified atom stereocenters. The minimum Gasteiger partial charge on any atom is -0.396 e. The van der Waals surface area contributed by atoms with E-state index >= 15 is 0 Å². The predicted molar refractivity (Wildman–Crippen MR) is 64.3 cm³/mol. The summed E-state index contributed by atoms with van der Waals surface area (Å²) >= 11 is 0. The normalized spacial score (nSPS) is 30.4. The van der Waals surface area contributed by atoms with Crippen molar-refractivity contribution >= 4 is 0 Å². The van der Waals surface area contributed by atoms with Crippen LogP contribution in [0.2, 0.25) is 0 Å². The lowest BCUT2D eigenvalue weighted by Crippen LogP contribution is -2.24. The molecule has 0 radical (unpaired) electrons. The second-order valence-electron chi connectivity index (χ2n) is 5.57. The van der Waals surface area contributed by atoms with Gasteiger partial charge in [0.05, 0.1) is 5.56 Å². The molecule has 0 aromatic heterocycles. The molecule has 1 heterocycles. The third kappa shape index (κ3) is 2.49. The van der Waals surface area contributed by atoms with Gasteiger partial charge in [0.25, 0.3) is 0 Å². The maximum Gasteiger partial charge on any atom is 0.416 e. The molecule has 3 rings (SSSR count). The molecule has 1 aromatic rings. The van der Waals surface area contributed by atoms with E-state index in [1.807, 2.05) is 0 Å². The molecule has 5 heteroatoms. The van der Waals surface area contributed by atoms with Gasteiger partial charge in [0.1, 0.15) is 0 Å². The number of alkyl halides is 3. The van der Waals surface area contributed by atoms with Crippen molar-refractivity contribution in [2.24, 2.45) is 17.8 Å². The Morgan fingerprint density at radius 2 is 1.89 bits per heavy atom. The van der Waals surface area contributed by atoms with Gasteiger partial charge in [-0.1, -0.05) is 18.2 Å². The second kappa shape index (κ2) is 4.49. The molecular weight excluding hydrogens is 255 g/mol. The van der Waals surface area contributed by atoms with Crippen molar-refractivity contribution in [2.45, 2.75) is 12.7 Å². The highest BCUT2D eigenvalue weighted by Crippen LogP contribution is 2.51. The number of nitrogens with zero attached hydrogens (tertiary/aromatic N) is 1. The van der Waals surface area contributed by atoms with Crippen molar-refractivity contribution in [1.82, 2.24) is 4.90 Å². The molecule has 1 aliphatic carbocycles. The minimum atomic E-state index is -4.27. The first kappa shape index (κ1) is 12.9. The third-order valence-corrected chi connectivity index (χ3v) is 4.32. The monoisotopic (exact) mass is 271 g/mol. The fraction of sp³-hybridized carbons (Fsp3) is 0.571. The quantitative estimate of drug-likeness (QED) is 0.912. The standard InChI is InChI=1S/C14H16F3NO/c15-14(16,17)10-3-1-2-9(4-10)5-18-6-11-12(7-18)13(11)8-19/h1-4,11-13,19H,5-8H2. The SMILES string of the molecule is OCC1C2CN(Cc3cccc(C(F)(F)F)c3)CC12. The van der Waals surface area contributed by atoms with Gasteiger partial charge in [0.2, 0.25) is 0 Å². The highest BCUT2D eigenvalue weighted by Gasteiger charge is 2.54. The van der Waals surface area contributed by atoms with E-state index < -0.39 is 11.7 Å². The molecule has 0 bridgehead atoms. The number of aliphatic hydroxyl groups excluding tert-OH is 1. The first-order valence-corrected chi connectivity index (χ1v) is 6.48. The zero-order chi connectivity index (χ0) is 13.6. The van der Waals surface area contributed by atoms with E-state index in [0.29, 0.717) is 29.9 Å². The molecule has 0 spiro atoms. The number of hydrogen-bond acceptors (Lipinski definition) is 2. The molecule has 1 N–H and O–H groups in total. The van der Waals surface area contributed by atoms with Crippen LogP contribution in [-0.2, 0) is 12.7 Å². The van der Waals surface area contributed by atoms with E-state index in [2.05, 4.69) is 4.90 Å². The average Bonchev–Trinajstić information content (AvgIpc) is 2.83. The lowest BCUT2D eigenvalue weighted by Gasteiger charge is -2.19. The summed E-state index contributed by atoms with van der Waals surface area (Å²) in [4.78, 5) is 2.18. The van der Waals surface area contributed by atoms with E-state index in [4.69, 9.17) is 5.11 Å². The van der Waals surface area contributed by atoms with Gasteiger partial charge in [-0.25, -0.2) is 0 Å². The van der Waals surface area contributed by atoms with Crippen molar-refractivity contribution in [2.75, 3.05) is 19.7 Å². The van der Waals surface area contributed by atoms with Crippen LogP contribution < -0.4 is 0 Å². The maximum atomic E-state index is 12.6. The van der Waals surface area contributed by atoms with E-state index in [1.54, 1.807) is 6.07 Å². The number of hydrogen-bond donors (Lipinski definition) is 1. The van der Waals surface area contributed by atoms with E-state index in [9.17, 15) is 13.2 Å². The first-order chi connectivity index (χ1) is 8.99. The summed E-state index contributed by atoms with van der Waals surface area (Å²) in [5, 5.41) is 9.07. The van der Waals surface area contributed by atoms with Gasteiger partial charge in [-0.3, -0.25) is 4.90 Å². The van der Waals surface area contributed by atoms with E-state index in [1.165, 1.54) is 12.1 Å². The van der Waals surface area contributed by atoms with Crippen molar-refractivity contribution in [1.29, 1.82) is 0 Å². The molecule has 2 atom stereocenters. The Kier molecular flexibility index (Phi) is 3.06. The van der Waals surface area contributed by atoms with Gasteiger partial charge in [-0.15, -0.1) is 0 Å². The number of aliphatic hydroxyl groups is 1. The summed E-state index contributed by atoms with van der Waals surface area (Å²) in [5.41, 5.74) is 0.124. The predicted octanol–water partition coefficient (Wildman–Crippen LogP) is 2.38. The molecule has 19 heavy (non-hydrogen) atoms. The van der Waals surface area contributed by atoms with Crippen LogP contribution in [0.4, 0.5) is 13.2 Å². The molecule has 104 valence electrons. The van der Waals surface area contributed by atoms with Crippen LogP contribution >= 0.6 is 0 Å². The number of piperidine rings is 1. The Hall–Kier alpha value is -1.07. The van der Waals surface area contributed by atoms with Crippen molar-refractivity contribution in [3.8, 4) is 0 Å². The third-order valence-electron chi connectivity index (χ3n) is 4.32. The molecule has 0 amide bonds. The van der Waals surface area contributed by atoms with Crippen molar-refractivity contribution in [3.05, 3.63) is 35.4 Å². The lowest BCUT2D eigenvalue weighted by molar-refractivity contribution is -0.137. The molecule has 2 aliphatic rings. The van der Waals surface area contributed by atoms with Crippen LogP contribution in [0.25, 0.3) is 0 Å². The molecule has 1 saturated heterocycles. The van der Waals surface area contributed by atoms with Gasteiger partial charge in [0, 0.05) is 26.2 Å². The van der Waals surface area contributed by atoms with Crippen molar-refractivity contribution < 1.29 is 18.3 Å². The van der Waals surface area contributed by atoms with Gasteiger partial charge in [-0.05, 0) is 29.4 Å². The summed E-state index contributed by atoms with van der Waals surface area (Å²) in [6.45, 7) is 2.60. The summed E-state index contributed by atoms with van der Waals surface area (Å²) in [6, 6.07) is 5.54. The van der Waals surface area contributed by atoms with Gasteiger partial charge < -0.3 is 5.11 Å². The van der Waals surface area contributed by atoms with Crippen LogP contribution in [0.15, 0.2) is 24.3 Å². The summed E-state index contributed by atoms with van der Waals surface area (Å²) < 4.78 is 37.8. The minimum absolute atomic E-state index is 0.243. The van der Waals surface area contributed by atoms with Crippen LogP contribution in [-0.4, -0.2) is 29.7 Å². The Morgan fingerprint density at radius 3 is 2.47 bits per heavy atom. The van der Waals surface area contributed by atoms with Crippen LogP contribution in [0, 0.1) is 17.8 Å². The zero-order valence-electron chi connectivity index (χ0n) is 10.4. The smallest absolute Gasteiger partial charge is 0.396 e. The Morgan fingerprint density at radius 1 is 1.21 bits per heavy atom.